The second-order valence-corrected chi connectivity index (χ2v) is 7.21. The monoisotopic (exact) mass is 310 g/mol. The molecular weight excluding hydrogens is 284 g/mol. The third-order valence-electron chi connectivity index (χ3n) is 5.86. The standard InChI is InChI=1S/C17H26O5/c1-5-20-14-7-12-9(2)6-13-11(10(3)15(18)21-13)8-17(12,4)16(19)22-14/h9,11-14,16,19H,3,5-8H2,1-2,4H3/t9-,11-,12+,13-,14-,16-,17+/m1/s1. The zero-order valence-electron chi connectivity index (χ0n) is 13.6. The molecule has 5 heteroatoms. The van der Waals surface area contributed by atoms with Gasteiger partial charge >= 0.3 is 5.97 Å². The summed E-state index contributed by atoms with van der Waals surface area (Å²) in [7, 11) is 0. The summed E-state index contributed by atoms with van der Waals surface area (Å²) in [6.07, 6.45) is 0.868. The summed E-state index contributed by atoms with van der Waals surface area (Å²) >= 11 is 0. The van der Waals surface area contributed by atoms with Gasteiger partial charge in [0, 0.05) is 29.9 Å². The Hall–Kier alpha value is -0.910. The number of carbonyl (C=O) groups excluding carboxylic acids is 1. The average molecular weight is 310 g/mol. The largest absolute Gasteiger partial charge is 0.458 e. The van der Waals surface area contributed by atoms with Crippen LogP contribution in [0.3, 0.4) is 0 Å². The van der Waals surface area contributed by atoms with E-state index in [2.05, 4.69) is 20.4 Å². The van der Waals surface area contributed by atoms with Crippen molar-refractivity contribution in [1.29, 1.82) is 0 Å². The summed E-state index contributed by atoms with van der Waals surface area (Å²) in [5.74, 6) is 0.277. The smallest absolute Gasteiger partial charge is 0.334 e. The van der Waals surface area contributed by atoms with Crippen molar-refractivity contribution in [3.8, 4) is 0 Å². The number of rotatable bonds is 2. The van der Waals surface area contributed by atoms with Gasteiger partial charge in [-0.2, -0.15) is 0 Å². The lowest BCUT2D eigenvalue weighted by molar-refractivity contribution is -0.315. The van der Waals surface area contributed by atoms with Crippen LogP contribution in [0.15, 0.2) is 12.2 Å². The molecule has 2 saturated heterocycles. The lowest BCUT2D eigenvalue weighted by atomic mass is 9.65. The molecule has 0 amide bonds. The summed E-state index contributed by atoms with van der Waals surface area (Å²) < 4.78 is 16.8. The molecule has 7 atom stereocenters. The molecule has 2 aliphatic heterocycles. The van der Waals surface area contributed by atoms with Gasteiger partial charge in [0.25, 0.3) is 0 Å². The number of fused-ring (bicyclic) bond motifs is 2. The van der Waals surface area contributed by atoms with E-state index in [0.29, 0.717) is 24.5 Å². The Morgan fingerprint density at radius 3 is 2.86 bits per heavy atom. The van der Waals surface area contributed by atoms with E-state index in [9.17, 15) is 9.90 Å². The van der Waals surface area contributed by atoms with E-state index >= 15 is 0 Å². The third-order valence-corrected chi connectivity index (χ3v) is 5.86. The van der Waals surface area contributed by atoms with E-state index in [4.69, 9.17) is 14.2 Å². The van der Waals surface area contributed by atoms with Gasteiger partial charge in [-0.05, 0) is 31.6 Å². The highest BCUT2D eigenvalue weighted by molar-refractivity contribution is 5.90. The van der Waals surface area contributed by atoms with Gasteiger partial charge in [0.05, 0.1) is 0 Å². The molecule has 0 aromatic carbocycles. The number of carbonyl (C=O) groups is 1. The first-order chi connectivity index (χ1) is 10.4. The zero-order chi connectivity index (χ0) is 16.1. The normalized spacial score (nSPS) is 48.4. The summed E-state index contributed by atoms with van der Waals surface area (Å²) in [5.41, 5.74) is 0.127. The third kappa shape index (κ3) is 2.39. The van der Waals surface area contributed by atoms with Gasteiger partial charge in [0.15, 0.2) is 12.6 Å². The Morgan fingerprint density at radius 2 is 2.18 bits per heavy atom. The molecule has 124 valence electrons. The highest BCUT2D eigenvalue weighted by Gasteiger charge is 2.56. The maximum Gasteiger partial charge on any atom is 0.334 e. The van der Waals surface area contributed by atoms with Crippen LogP contribution in [0.5, 0.6) is 0 Å². The highest BCUT2D eigenvalue weighted by Crippen LogP contribution is 2.55. The van der Waals surface area contributed by atoms with E-state index < -0.39 is 11.7 Å². The van der Waals surface area contributed by atoms with Crippen molar-refractivity contribution in [2.24, 2.45) is 23.2 Å². The van der Waals surface area contributed by atoms with Gasteiger partial charge in [0.1, 0.15) is 6.10 Å². The van der Waals surface area contributed by atoms with Gasteiger partial charge < -0.3 is 19.3 Å². The Kier molecular flexibility index (Phi) is 4.08. The Morgan fingerprint density at radius 1 is 1.45 bits per heavy atom. The number of hydrogen-bond acceptors (Lipinski definition) is 5. The first kappa shape index (κ1) is 16.0. The molecule has 5 nitrogen and oxygen atoms in total. The molecule has 0 aromatic rings. The van der Waals surface area contributed by atoms with Crippen LogP contribution in [0.1, 0.15) is 40.0 Å². The maximum atomic E-state index is 11.8. The number of aliphatic hydroxyl groups excluding tert-OH is 1. The minimum atomic E-state index is -0.896. The van der Waals surface area contributed by atoms with Crippen molar-refractivity contribution in [3.63, 3.8) is 0 Å². The van der Waals surface area contributed by atoms with Crippen molar-refractivity contribution in [1.82, 2.24) is 0 Å². The Balaban J connectivity index is 1.89. The second-order valence-electron chi connectivity index (χ2n) is 7.21. The summed E-state index contributed by atoms with van der Waals surface area (Å²) in [4.78, 5) is 11.8. The van der Waals surface area contributed by atoms with Crippen LogP contribution in [0.4, 0.5) is 0 Å². The van der Waals surface area contributed by atoms with Crippen LogP contribution in [-0.2, 0) is 19.0 Å². The molecule has 1 N–H and O–H groups in total. The predicted octanol–water partition coefficient (Wildman–Crippen LogP) is 2.24. The Bertz CT molecular complexity index is 476. The minimum Gasteiger partial charge on any atom is -0.458 e. The maximum absolute atomic E-state index is 11.8. The van der Waals surface area contributed by atoms with Gasteiger partial charge in [-0.1, -0.05) is 20.4 Å². The molecule has 0 unspecified atom stereocenters. The van der Waals surface area contributed by atoms with Crippen molar-refractivity contribution >= 4 is 5.97 Å². The van der Waals surface area contributed by atoms with Gasteiger partial charge in [0.2, 0.25) is 0 Å². The highest BCUT2D eigenvalue weighted by atomic mass is 16.7. The van der Waals surface area contributed by atoms with Crippen LogP contribution in [0.25, 0.3) is 0 Å². The van der Waals surface area contributed by atoms with Gasteiger partial charge in [-0.15, -0.1) is 0 Å². The average Bonchev–Trinajstić information content (AvgIpc) is 2.64. The van der Waals surface area contributed by atoms with E-state index in [1.165, 1.54) is 0 Å². The predicted molar refractivity (Wildman–Crippen MR) is 79.6 cm³/mol. The summed E-state index contributed by atoms with van der Waals surface area (Å²) in [6, 6.07) is 0. The van der Waals surface area contributed by atoms with Crippen molar-refractivity contribution < 1.29 is 24.1 Å². The Labute approximate surface area is 131 Å². The minimum absolute atomic E-state index is 0.0214. The van der Waals surface area contributed by atoms with Crippen LogP contribution in [0.2, 0.25) is 0 Å². The fourth-order valence-electron chi connectivity index (χ4n) is 4.58. The molecule has 3 rings (SSSR count). The first-order valence-electron chi connectivity index (χ1n) is 8.21. The van der Waals surface area contributed by atoms with Gasteiger partial charge in [-0.25, -0.2) is 4.79 Å². The van der Waals surface area contributed by atoms with Crippen LogP contribution in [-0.4, -0.2) is 36.4 Å². The molecular formula is C17H26O5. The molecule has 1 aliphatic carbocycles. The summed E-state index contributed by atoms with van der Waals surface area (Å²) in [6.45, 7) is 10.6. The molecule has 22 heavy (non-hydrogen) atoms. The molecule has 2 heterocycles. The molecule has 0 bridgehead atoms. The number of hydrogen-bond donors (Lipinski definition) is 1. The lowest BCUT2D eigenvalue weighted by Gasteiger charge is -2.49. The number of ether oxygens (including phenoxy) is 3. The molecule has 3 aliphatic rings. The van der Waals surface area contributed by atoms with Crippen LogP contribution in [0, 0.1) is 23.2 Å². The quantitative estimate of drug-likeness (QED) is 0.626. The van der Waals surface area contributed by atoms with Crippen molar-refractivity contribution in [2.45, 2.75) is 58.7 Å². The van der Waals surface area contributed by atoms with E-state index in [1.54, 1.807) is 0 Å². The number of aliphatic hydroxyl groups is 1. The van der Waals surface area contributed by atoms with Crippen molar-refractivity contribution in [3.05, 3.63) is 12.2 Å². The SMILES string of the molecule is C=C1C(=O)O[C@@H]2C[C@@H](C)[C@@H]3C[C@H](OCC)O[C@@H](O)[C@@]3(C)C[C@H]12. The molecule has 3 fully saturated rings. The zero-order valence-corrected chi connectivity index (χ0v) is 13.6. The van der Waals surface area contributed by atoms with Crippen molar-refractivity contribution in [2.75, 3.05) is 6.61 Å². The van der Waals surface area contributed by atoms with Crippen LogP contribution >= 0.6 is 0 Å². The van der Waals surface area contributed by atoms with E-state index in [1.807, 2.05) is 6.92 Å². The van der Waals surface area contributed by atoms with Gasteiger partial charge in [-0.3, -0.25) is 0 Å². The van der Waals surface area contributed by atoms with E-state index in [0.717, 1.165) is 12.8 Å². The molecule has 0 spiro atoms. The topological polar surface area (TPSA) is 65.0 Å². The van der Waals surface area contributed by atoms with E-state index in [-0.39, 0.29) is 30.2 Å². The van der Waals surface area contributed by atoms with Crippen LogP contribution < -0.4 is 0 Å². The number of esters is 1. The molecule has 0 radical (unpaired) electrons. The second kappa shape index (κ2) is 5.62. The summed E-state index contributed by atoms with van der Waals surface area (Å²) in [5, 5.41) is 10.6. The lowest BCUT2D eigenvalue weighted by Crippen LogP contribution is -2.51. The first-order valence-corrected chi connectivity index (χ1v) is 8.21. The molecule has 1 saturated carbocycles. The fourth-order valence-corrected chi connectivity index (χ4v) is 4.58. The molecule has 0 aromatic heterocycles. The fraction of sp³-hybridized carbons (Fsp3) is 0.824.